The number of nitrogens with two attached hydrogens (primary N) is 2. The Balaban J connectivity index is 1.19. The van der Waals surface area contributed by atoms with Crippen molar-refractivity contribution in [2.45, 2.75) is 120 Å². The summed E-state index contributed by atoms with van der Waals surface area (Å²) >= 11 is 0. The molecular weight excluding hydrogens is 680 g/mol. The molecular formula is C39H40N6O8. The minimum atomic E-state index is -1.35. The molecule has 14 heteroatoms. The van der Waals surface area contributed by atoms with Crippen LogP contribution in [0.25, 0.3) is 43.1 Å². The monoisotopic (exact) mass is 720 g/mol. The van der Waals surface area contributed by atoms with Gasteiger partial charge >= 0.3 is 0 Å². The molecule has 53 heavy (non-hydrogen) atoms. The zero-order chi connectivity index (χ0) is 37.2. The molecule has 14 nitrogen and oxygen atoms in total. The summed E-state index contributed by atoms with van der Waals surface area (Å²) in [5.74, 6) is 0. The molecule has 2 unspecified atom stereocenters. The van der Waals surface area contributed by atoms with Gasteiger partial charge in [-0.1, -0.05) is 38.5 Å². The molecule has 4 aromatic heterocycles. The van der Waals surface area contributed by atoms with Gasteiger partial charge in [-0.3, -0.25) is 56.6 Å². The first-order valence-electron chi connectivity index (χ1n) is 18.7. The first-order valence-corrected chi connectivity index (χ1v) is 18.7. The summed E-state index contributed by atoms with van der Waals surface area (Å²) in [6, 6.07) is 2.69. The highest BCUT2D eigenvalue weighted by molar-refractivity contribution is 5.99. The lowest BCUT2D eigenvalue weighted by Crippen LogP contribution is -2.53. The Morgan fingerprint density at radius 3 is 1.15 bits per heavy atom. The van der Waals surface area contributed by atoms with Crippen LogP contribution in [0.15, 0.2) is 62.6 Å². The standard InChI is InChI=1S/C39H40N6O8/c1-39(45-37(52)24-16-20-21(17-25(24)38(45)53)34(49)43(33(20)48)29-11-5-3-9-27(29)41)13-7-6-12-30(39)44-35(50)22-14-18-19(15-23(22)36(44)51)32(47)42(31(18)46)28-10-4-2-8-26(28)40/h14-17,26-30H,2-13,40-41H2,1H3/t26-,27-,28-,29?,30?,39+/m1/s1. The average Bonchev–Trinajstić information content (AvgIpc) is 3.73. The molecule has 6 aromatic rings. The maximum absolute atomic E-state index is 14.3. The van der Waals surface area contributed by atoms with Gasteiger partial charge in [-0.2, -0.15) is 0 Å². The molecule has 0 amide bonds. The molecule has 6 atom stereocenters. The van der Waals surface area contributed by atoms with Crippen molar-refractivity contribution >= 4 is 43.1 Å². The third-order valence-electron chi connectivity index (χ3n) is 13.1. The van der Waals surface area contributed by atoms with E-state index in [0.29, 0.717) is 44.9 Å². The van der Waals surface area contributed by atoms with Gasteiger partial charge in [0.15, 0.2) is 0 Å². The Morgan fingerprint density at radius 2 is 0.774 bits per heavy atom. The van der Waals surface area contributed by atoms with Crippen LogP contribution in [0, 0.1) is 0 Å². The average molecular weight is 721 g/mol. The van der Waals surface area contributed by atoms with Gasteiger partial charge in [0.05, 0.1) is 66.8 Å². The fourth-order valence-corrected chi connectivity index (χ4v) is 10.2. The molecule has 0 saturated heterocycles. The molecule has 4 N–H and O–H groups in total. The quantitative estimate of drug-likeness (QED) is 0.269. The predicted octanol–water partition coefficient (Wildman–Crippen LogP) is 1.55. The van der Waals surface area contributed by atoms with Gasteiger partial charge in [-0.05, 0) is 69.7 Å². The van der Waals surface area contributed by atoms with E-state index in [-0.39, 0.29) is 61.6 Å². The lowest BCUT2D eigenvalue weighted by Gasteiger charge is -2.41. The predicted molar refractivity (Wildman–Crippen MR) is 202 cm³/mol. The van der Waals surface area contributed by atoms with Crippen molar-refractivity contribution in [2.24, 2.45) is 11.5 Å². The van der Waals surface area contributed by atoms with E-state index in [0.717, 1.165) is 34.8 Å². The van der Waals surface area contributed by atoms with E-state index in [2.05, 4.69) is 0 Å². The van der Waals surface area contributed by atoms with Gasteiger partial charge in [0.2, 0.25) is 0 Å². The van der Waals surface area contributed by atoms with Crippen molar-refractivity contribution in [3.63, 3.8) is 0 Å². The Labute approximate surface area is 299 Å². The van der Waals surface area contributed by atoms with E-state index < -0.39 is 68.1 Å². The van der Waals surface area contributed by atoms with Gasteiger partial charge in [0, 0.05) is 12.1 Å². The van der Waals surface area contributed by atoms with Crippen LogP contribution in [0.5, 0.6) is 0 Å². The topological polar surface area (TPSA) is 208 Å². The van der Waals surface area contributed by atoms with E-state index in [1.807, 2.05) is 0 Å². The Morgan fingerprint density at radius 1 is 0.453 bits per heavy atom. The largest absolute Gasteiger partial charge is 0.326 e. The number of hydrogen-bond donors (Lipinski definition) is 2. The second kappa shape index (κ2) is 11.7. The van der Waals surface area contributed by atoms with Crippen molar-refractivity contribution in [3.8, 4) is 0 Å². The first kappa shape index (κ1) is 33.7. The van der Waals surface area contributed by atoms with Crippen LogP contribution in [0.3, 0.4) is 0 Å². The molecule has 0 bridgehead atoms. The summed E-state index contributed by atoms with van der Waals surface area (Å²) < 4.78 is 4.51. The normalized spacial score (nSPS) is 27.1. The van der Waals surface area contributed by atoms with E-state index in [9.17, 15) is 38.4 Å². The molecule has 9 rings (SSSR count). The molecule has 4 heterocycles. The molecule has 0 radical (unpaired) electrons. The zero-order valence-corrected chi connectivity index (χ0v) is 29.4. The Kier molecular flexibility index (Phi) is 7.45. The second-order valence-corrected chi connectivity index (χ2v) is 15.9. The van der Waals surface area contributed by atoms with Crippen molar-refractivity contribution < 1.29 is 0 Å². The minimum Gasteiger partial charge on any atom is -0.326 e. The lowest BCUT2D eigenvalue weighted by molar-refractivity contribution is 0.120. The summed E-state index contributed by atoms with van der Waals surface area (Å²) in [5.41, 5.74) is 6.39. The third-order valence-corrected chi connectivity index (χ3v) is 13.1. The smallest absolute Gasteiger partial charge is 0.262 e. The number of rotatable bonds is 4. The summed E-state index contributed by atoms with van der Waals surface area (Å²) in [5, 5.41) is 0.0978. The van der Waals surface area contributed by atoms with Crippen LogP contribution in [0.1, 0.15) is 102 Å². The summed E-state index contributed by atoms with van der Waals surface area (Å²) in [7, 11) is 0. The summed E-state index contributed by atoms with van der Waals surface area (Å²) in [6.45, 7) is 1.68. The highest BCUT2D eigenvalue weighted by Gasteiger charge is 2.44. The minimum absolute atomic E-state index is 0.0179. The fraction of sp³-hybridized carbons (Fsp3) is 0.487. The van der Waals surface area contributed by atoms with Crippen LogP contribution in [0.2, 0.25) is 0 Å². The number of fused-ring (bicyclic) bond motifs is 4. The molecule has 0 aliphatic heterocycles. The van der Waals surface area contributed by atoms with Crippen LogP contribution in [-0.2, 0) is 5.54 Å². The number of nitrogens with zero attached hydrogens (tertiary/aromatic N) is 4. The van der Waals surface area contributed by atoms with E-state index in [4.69, 9.17) is 11.5 Å². The van der Waals surface area contributed by atoms with Gasteiger partial charge < -0.3 is 11.5 Å². The van der Waals surface area contributed by atoms with Gasteiger partial charge in [0.1, 0.15) is 0 Å². The van der Waals surface area contributed by atoms with Gasteiger partial charge in [-0.25, -0.2) is 0 Å². The number of hydrogen-bond acceptors (Lipinski definition) is 10. The molecule has 3 fully saturated rings. The maximum Gasteiger partial charge on any atom is 0.262 e. The third kappa shape index (κ3) is 4.51. The van der Waals surface area contributed by atoms with Crippen LogP contribution < -0.4 is 55.9 Å². The van der Waals surface area contributed by atoms with E-state index in [1.165, 1.54) is 33.4 Å². The van der Waals surface area contributed by atoms with Crippen LogP contribution >= 0.6 is 0 Å². The van der Waals surface area contributed by atoms with Gasteiger partial charge in [-0.15, -0.1) is 0 Å². The van der Waals surface area contributed by atoms with Crippen molar-refractivity contribution in [1.29, 1.82) is 0 Å². The lowest BCUT2D eigenvalue weighted by atomic mass is 9.78. The highest BCUT2D eigenvalue weighted by atomic mass is 16.2. The molecule has 3 saturated carbocycles. The van der Waals surface area contributed by atoms with Crippen LogP contribution in [0.4, 0.5) is 0 Å². The number of aromatic nitrogens is 4. The maximum atomic E-state index is 14.3. The highest BCUT2D eigenvalue weighted by Crippen LogP contribution is 2.41. The van der Waals surface area contributed by atoms with E-state index >= 15 is 0 Å². The molecule has 0 spiro atoms. The molecule has 2 aromatic carbocycles. The number of benzene rings is 2. The van der Waals surface area contributed by atoms with Gasteiger partial charge in [0.25, 0.3) is 44.5 Å². The van der Waals surface area contributed by atoms with E-state index in [1.54, 1.807) is 6.92 Å². The molecule has 274 valence electrons. The summed E-state index contributed by atoms with van der Waals surface area (Å²) in [6.07, 6.45) is 7.78. The zero-order valence-electron chi connectivity index (χ0n) is 29.4. The first-order chi connectivity index (χ1) is 25.3. The molecule has 3 aliphatic carbocycles. The second-order valence-electron chi connectivity index (χ2n) is 15.9. The van der Waals surface area contributed by atoms with Crippen molar-refractivity contribution in [3.05, 3.63) is 107 Å². The van der Waals surface area contributed by atoms with Crippen molar-refractivity contribution in [2.75, 3.05) is 0 Å². The summed E-state index contributed by atoms with van der Waals surface area (Å²) in [4.78, 5) is 111. The Hall–Kier alpha value is -5.08. The Bertz CT molecular complexity index is 2810. The van der Waals surface area contributed by atoms with Crippen LogP contribution in [-0.4, -0.2) is 30.4 Å². The van der Waals surface area contributed by atoms with Crippen molar-refractivity contribution in [1.82, 2.24) is 18.3 Å². The SMILES string of the molecule is C[C@]1(n2c(=O)c3cc4c(=O)n(C5CCCC[C@H]5N)c(=O)c4cc3c2=O)CCCCC1n1c(=O)c2cc3c(=O)n([C@@H]4CCCC[C@H]4N)c(=O)c3cc2c1=O. The fourth-order valence-electron chi connectivity index (χ4n) is 10.2. The molecule has 3 aliphatic rings.